The molecular weight excluding hydrogens is 376 g/mol. The molecular formula is C22H27ClN2O3. The van der Waals surface area contributed by atoms with Crippen LogP contribution in [0, 0.1) is 0 Å². The molecule has 0 spiro atoms. The Morgan fingerprint density at radius 2 is 1.79 bits per heavy atom. The number of ether oxygens (including phenoxy) is 1. The molecule has 2 rings (SSSR count). The molecule has 28 heavy (non-hydrogen) atoms. The van der Waals surface area contributed by atoms with Crippen LogP contribution in [0.25, 0.3) is 0 Å². The third kappa shape index (κ3) is 6.66. The summed E-state index contributed by atoms with van der Waals surface area (Å²) in [5.74, 6) is 0.697. The maximum atomic E-state index is 12.2. The van der Waals surface area contributed by atoms with Gasteiger partial charge >= 0.3 is 0 Å². The Balaban J connectivity index is 1.74. The van der Waals surface area contributed by atoms with Gasteiger partial charge in [-0.1, -0.05) is 29.8 Å². The summed E-state index contributed by atoms with van der Waals surface area (Å²) in [6, 6.07) is 14.7. The van der Waals surface area contributed by atoms with Crippen LogP contribution in [0.4, 0.5) is 0 Å². The lowest BCUT2D eigenvalue weighted by molar-refractivity contribution is -0.121. The number of hydrogen-bond donors (Lipinski definition) is 1. The Labute approximate surface area is 171 Å². The molecule has 0 aromatic heterocycles. The average Bonchev–Trinajstić information content (AvgIpc) is 2.67. The number of likely N-dealkylation sites (N-methyl/N-ethyl adjacent to an activating group) is 1. The molecule has 0 aliphatic heterocycles. The lowest BCUT2D eigenvalue weighted by Gasteiger charge is -2.26. The lowest BCUT2D eigenvalue weighted by Crippen LogP contribution is -2.34. The highest BCUT2D eigenvalue weighted by molar-refractivity contribution is 6.31. The van der Waals surface area contributed by atoms with E-state index in [-0.39, 0.29) is 17.7 Å². The summed E-state index contributed by atoms with van der Waals surface area (Å²) < 4.78 is 5.62. The molecule has 0 aliphatic rings. The number of ketones is 1. The standard InChI is InChI=1S/C22H27ClN2O3/c1-16(26)17-10-12-18(13-11-17)28-14-6-9-22(27)24-15-21(25(2)3)19-7-4-5-8-20(19)23/h4-5,7-8,10-13,21H,6,9,14-15H2,1-3H3,(H,24,27). The molecule has 1 atom stereocenters. The van der Waals surface area contributed by atoms with Crippen molar-refractivity contribution >= 4 is 23.3 Å². The quantitative estimate of drug-likeness (QED) is 0.479. The van der Waals surface area contributed by atoms with Gasteiger partial charge in [0.1, 0.15) is 5.75 Å². The van der Waals surface area contributed by atoms with E-state index in [4.69, 9.17) is 16.3 Å². The van der Waals surface area contributed by atoms with Crippen LogP contribution >= 0.6 is 11.6 Å². The van der Waals surface area contributed by atoms with E-state index in [9.17, 15) is 9.59 Å². The summed E-state index contributed by atoms with van der Waals surface area (Å²) in [5.41, 5.74) is 1.65. The van der Waals surface area contributed by atoms with E-state index >= 15 is 0 Å². The van der Waals surface area contributed by atoms with Crippen molar-refractivity contribution in [3.05, 3.63) is 64.7 Å². The van der Waals surface area contributed by atoms with Crippen LogP contribution in [0.5, 0.6) is 5.75 Å². The summed E-state index contributed by atoms with van der Waals surface area (Å²) >= 11 is 6.29. The van der Waals surface area contributed by atoms with E-state index in [0.717, 1.165) is 5.56 Å². The molecule has 2 aromatic carbocycles. The van der Waals surface area contributed by atoms with Gasteiger partial charge in [-0.15, -0.1) is 0 Å². The van der Waals surface area contributed by atoms with Crippen molar-refractivity contribution in [1.82, 2.24) is 10.2 Å². The van der Waals surface area contributed by atoms with Crippen molar-refractivity contribution in [3.63, 3.8) is 0 Å². The fraction of sp³-hybridized carbons (Fsp3) is 0.364. The van der Waals surface area contributed by atoms with Crippen molar-refractivity contribution in [2.75, 3.05) is 27.2 Å². The monoisotopic (exact) mass is 402 g/mol. The minimum absolute atomic E-state index is 0.00805. The van der Waals surface area contributed by atoms with Crippen LogP contribution in [-0.2, 0) is 4.79 Å². The highest BCUT2D eigenvalue weighted by Crippen LogP contribution is 2.25. The highest BCUT2D eigenvalue weighted by atomic mass is 35.5. The number of benzene rings is 2. The smallest absolute Gasteiger partial charge is 0.220 e. The van der Waals surface area contributed by atoms with E-state index in [1.807, 2.05) is 43.3 Å². The zero-order valence-electron chi connectivity index (χ0n) is 16.6. The number of rotatable bonds is 10. The summed E-state index contributed by atoms with van der Waals surface area (Å²) in [5, 5.41) is 3.67. The maximum Gasteiger partial charge on any atom is 0.220 e. The van der Waals surface area contributed by atoms with Gasteiger partial charge in [-0.05, 0) is 63.3 Å². The van der Waals surface area contributed by atoms with Crippen LogP contribution in [0.3, 0.4) is 0 Å². The zero-order chi connectivity index (χ0) is 20.5. The summed E-state index contributed by atoms with van der Waals surface area (Å²) in [7, 11) is 3.93. The molecule has 0 radical (unpaired) electrons. The third-order valence-corrected chi connectivity index (χ3v) is 4.80. The molecule has 0 saturated heterocycles. The molecule has 5 nitrogen and oxygen atoms in total. The molecule has 0 bridgehead atoms. The van der Waals surface area contributed by atoms with Crippen LogP contribution in [-0.4, -0.2) is 43.8 Å². The number of amides is 1. The van der Waals surface area contributed by atoms with Crippen LogP contribution in [0.1, 0.15) is 41.7 Å². The number of nitrogens with zero attached hydrogens (tertiary/aromatic N) is 1. The predicted molar refractivity (Wildman–Crippen MR) is 112 cm³/mol. The van der Waals surface area contributed by atoms with Gasteiger partial charge in [-0.2, -0.15) is 0 Å². The predicted octanol–water partition coefficient (Wildman–Crippen LogP) is 4.12. The topological polar surface area (TPSA) is 58.6 Å². The van der Waals surface area contributed by atoms with E-state index < -0.39 is 0 Å². The number of hydrogen-bond acceptors (Lipinski definition) is 4. The second-order valence-electron chi connectivity index (χ2n) is 6.84. The van der Waals surface area contributed by atoms with Crippen molar-refractivity contribution in [1.29, 1.82) is 0 Å². The van der Waals surface area contributed by atoms with Crippen LogP contribution in [0.2, 0.25) is 5.02 Å². The number of halogens is 1. The van der Waals surface area contributed by atoms with E-state index in [1.54, 1.807) is 24.3 Å². The highest BCUT2D eigenvalue weighted by Gasteiger charge is 2.17. The summed E-state index contributed by atoms with van der Waals surface area (Å²) in [4.78, 5) is 25.5. The first kappa shape index (κ1) is 21.9. The van der Waals surface area contributed by atoms with Gasteiger partial charge < -0.3 is 15.0 Å². The number of Topliss-reactive ketones (excluding diaryl/α,β-unsaturated/α-hetero) is 1. The molecule has 0 saturated carbocycles. The molecule has 0 heterocycles. The van der Waals surface area contributed by atoms with Gasteiger partial charge in [0.15, 0.2) is 5.78 Å². The van der Waals surface area contributed by atoms with Crippen molar-refractivity contribution in [2.45, 2.75) is 25.8 Å². The number of carbonyl (C=O) groups excluding carboxylic acids is 2. The zero-order valence-corrected chi connectivity index (χ0v) is 17.3. The molecule has 150 valence electrons. The SMILES string of the molecule is CC(=O)c1ccc(OCCCC(=O)NCC(c2ccccc2Cl)N(C)C)cc1. The van der Waals surface area contributed by atoms with Crippen LogP contribution in [0.15, 0.2) is 48.5 Å². The first-order valence-electron chi connectivity index (χ1n) is 9.30. The largest absolute Gasteiger partial charge is 0.494 e. The minimum atomic E-state index is -0.0190. The van der Waals surface area contributed by atoms with Gasteiger partial charge in [0, 0.05) is 23.6 Å². The molecule has 6 heteroatoms. The minimum Gasteiger partial charge on any atom is -0.494 e. The molecule has 1 N–H and O–H groups in total. The molecule has 2 aromatic rings. The first-order chi connectivity index (χ1) is 13.4. The fourth-order valence-electron chi connectivity index (χ4n) is 2.82. The van der Waals surface area contributed by atoms with Crippen molar-refractivity contribution < 1.29 is 14.3 Å². The van der Waals surface area contributed by atoms with E-state index in [0.29, 0.717) is 42.3 Å². The number of nitrogens with one attached hydrogen (secondary N) is 1. The summed E-state index contributed by atoms with van der Waals surface area (Å²) in [6.07, 6.45) is 0.993. The van der Waals surface area contributed by atoms with E-state index in [1.165, 1.54) is 6.92 Å². The maximum absolute atomic E-state index is 12.2. The van der Waals surface area contributed by atoms with Crippen molar-refractivity contribution in [2.24, 2.45) is 0 Å². The molecule has 1 amide bonds. The van der Waals surface area contributed by atoms with Gasteiger partial charge in [0.25, 0.3) is 0 Å². The Morgan fingerprint density at radius 1 is 1.11 bits per heavy atom. The van der Waals surface area contributed by atoms with Crippen LogP contribution < -0.4 is 10.1 Å². The number of carbonyl (C=O) groups is 2. The Bertz CT molecular complexity index is 791. The Kier molecular flexibility index (Phi) is 8.48. The molecule has 1 unspecified atom stereocenters. The normalized spacial score (nSPS) is 11.9. The van der Waals surface area contributed by atoms with E-state index in [2.05, 4.69) is 5.32 Å². The third-order valence-electron chi connectivity index (χ3n) is 4.46. The van der Waals surface area contributed by atoms with Gasteiger partial charge in [-0.3, -0.25) is 9.59 Å². The molecule has 0 fully saturated rings. The summed E-state index contributed by atoms with van der Waals surface area (Å²) in [6.45, 7) is 2.46. The van der Waals surface area contributed by atoms with Gasteiger partial charge in [0.05, 0.1) is 12.6 Å². The first-order valence-corrected chi connectivity index (χ1v) is 9.67. The second-order valence-corrected chi connectivity index (χ2v) is 7.24. The fourth-order valence-corrected chi connectivity index (χ4v) is 3.09. The Morgan fingerprint density at radius 3 is 2.39 bits per heavy atom. The Hall–Kier alpha value is -2.37. The average molecular weight is 403 g/mol. The second kappa shape index (κ2) is 10.8. The van der Waals surface area contributed by atoms with Gasteiger partial charge in [0.2, 0.25) is 5.91 Å². The van der Waals surface area contributed by atoms with Crippen molar-refractivity contribution in [3.8, 4) is 5.75 Å². The molecule has 0 aliphatic carbocycles. The van der Waals surface area contributed by atoms with Gasteiger partial charge in [-0.25, -0.2) is 0 Å². The lowest BCUT2D eigenvalue weighted by atomic mass is 10.1.